The minimum atomic E-state index is -0.0595. The number of fused-ring (bicyclic) bond motifs is 2. The zero-order chi connectivity index (χ0) is 29.8. The van der Waals surface area contributed by atoms with Gasteiger partial charge in [-0.1, -0.05) is 58.5 Å². The van der Waals surface area contributed by atoms with Crippen LogP contribution in [0.15, 0.2) is 77.8 Å². The van der Waals surface area contributed by atoms with E-state index in [0.717, 1.165) is 57.7 Å². The number of piperidine rings is 1. The van der Waals surface area contributed by atoms with Crippen molar-refractivity contribution in [3.63, 3.8) is 0 Å². The van der Waals surface area contributed by atoms with Crippen LogP contribution in [0.2, 0.25) is 20.1 Å². The van der Waals surface area contributed by atoms with Crippen LogP contribution in [0.4, 0.5) is 11.4 Å². The van der Waals surface area contributed by atoms with E-state index in [1.165, 1.54) is 0 Å². The minimum Gasteiger partial charge on any atom is -0.354 e. The lowest BCUT2D eigenvalue weighted by atomic mass is 9.80. The average molecular weight is 639 g/mol. The Labute approximate surface area is 265 Å². The van der Waals surface area contributed by atoms with E-state index in [1.54, 1.807) is 12.1 Å². The molecule has 0 spiro atoms. The van der Waals surface area contributed by atoms with Gasteiger partial charge in [-0.05, 0) is 101 Å². The summed E-state index contributed by atoms with van der Waals surface area (Å²) in [5, 5.41) is 10.3. The Morgan fingerprint density at radius 2 is 1.40 bits per heavy atom. The minimum absolute atomic E-state index is 0.0595. The standard InChI is InChI=1S/C33H31Cl4N5/c1-32(2)17-24(18-33(3,4)41-32)39-28-16-31-29(15-27(28)38-23-11-19(34)9-20(35)12-23)40-26-7-5-6-8-30(26)42(31)25-13-21(36)10-22(37)14-25/h5-16,24,38,41H,17-18H2,1-4H3. The summed E-state index contributed by atoms with van der Waals surface area (Å²) in [6, 6.07) is 23.2. The highest BCUT2D eigenvalue weighted by Crippen LogP contribution is 2.34. The van der Waals surface area contributed by atoms with Crippen LogP contribution >= 0.6 is 46.4 Å². The van der Waals surface area contributed by atoms with Gasteiger partial charge >= 0.3 is 0 Å². The van der Waals surface area contributed by atoms with E-state index in [2.05, 4.69) is 49.0 Å². The Morgan fingerprint density at radius 3 is 2.05 bits per heavy atom. The molecule has 42 heavy (non-hydrogen) atoms. The van der Waals surface area contributed by atoms with Crippen molar-refractivity contribution in [1.82, 2.24) is 14.9 Å². The zero-order valence-electron chi connectivity index (χ0n) is 23.8. The van der Waals surface area contributed by atoms with E-state index in [9.17, 15) is 0 Å². The van der Waals surface area contributed by atoms with Gasteiger partial charge in [0.05, 0.1) is 39.5 Å². The second-order valence-electron chi connectivity index (χ2n) is 12.3. The van der Waals surface area contributed by atoms with Crippen LogP contribution in [-0.2, 0) is 0 Å². The van der Waals surface area contributed by atoms with Crippen LogP contribution in [0.25, 0.3) is 28.1 Å². The van der Waals surface area contributed by atoms with Gasteiger partial charge in [-0.15, -0.1) is 0 Å². The molecule has 0 unspecified atom stereocenters. The third-order valence-electron chi connectivity index (χ3n) is 7.43. The quantitative estimate of drug-likeness (QED) is 0.193. The van der Waals surface area contributed by atoms with E-state index < -0.39 is 0 Å². The first kappa shape index (κ1) is 29.3. The number of halogens is 4. The molecule has 2 N–H and O–H groups in total. The summed E-state index contributed by atoms with van der Waals surface area (Å²) in [4.78, 5) is 10.4. The predicted molar refractivity (Wildman–Crippen MR) is 177 cm³/mol. The first-order valence-corrected chi connectivity index (χ1v) is 15.3. The lowest BCUT2D eigenvalue weighted by Gasteiger charge is -2.45. The van der Waals surface area contributed by atoms with Crippen LogP contribution in [-0.4, -0.2) is 26.7 Å². The monoisotopic (exact) mass is 637 g/mol. The maximum Gasteiger partial charge on any atom is 0.0900 e. The highest BCUT2D eigenvalue weighted by Gasteiger charge is 2.37. The van der Waals surface area contributed by atoms with Gasteiger partial charge in [-0.25, -0.2) is 4.98 Å². The highest BCUT2D eigenvalue weighted by molar-refractivity contribution is 6.35. The first-order valence-electron chi connectivity index (χ1n) is 13.8. The summed E-state index contributed by atoms with van der Waals surface area (Å²) in [5.74, 6) is 0. The Kier molecular flexibility index (Phi) is 7.70. The molecule has 3 aromatic rings. The normalized spacial score (nSPS) is 17.2. The van der Waals surface area contributed by atoms with E-state index in [-0.39, 0.29) is 17.1 Å². The van der Waals surface area contributed by atoms with Crippen LogP contribution in [0, 0.1) is 0 Å². The molecule has 3 aliphatic rings. The Morgan fingerprint density at radius 1 is 0.810 bits per heavy atom. The molecule has 9 heteroatoms. The number of nitrogens with one attached hydrogen (secondary N) is 2. The third kappa shape index (κ3) is 6.27. The van der Waals surface area contributed by atoms with Crippen molar-refractivity contribution in [2.24, 2.45) is 4.99 Å². The highest BCUT2D eigenvalue weighted by atomic mass is 35.5. The van der Waals surface area contributed by atoms with Crippen LogP contribution < -0.4 is 16.0 Å². The molecule has 1 aliphatic carbocycles. The average Bonchev–Trinajstić information content (AvgIpc) is 2.84. The lowest BCUT2D eigenvalue weighted by Crippen LogP contribution is -2.59. The fourth-order valence-electron chi connectivity index (χ4n) is 6.33. The molecule has 2 aliphatic heterocycles. The van der Waals surface area contributed by atoms with Crippen molar-refractivity contribution >= 4 is 68.8 Å². The number of hydrogen-bond donors (Lipinski definition) is 2. The van der Waals surface area contributed by atoms with Crippen LogP contribution in [0.1, 0.15) is 40.5 Å². The van der Waals surface area contributed by atoms with Crippen LogP contribution in [0.3, 0.4) is 0 Å². The Balaban J connectivity index is 1.64. The molecule has 0 aromatic heterocycles. The number of benzene rings is 4. The number of nitrogens with zero attached hydrogens (tertiary/aromatic N) is 3. The van der Waals surface area contributed by atoms with E-state index in [1.807, 2.05) is 54.6 Å². The molecule has 0 bridgehead atoms. The van der Waals surface area contributed by atoms with E-state index >= 15 is 0 Å². The Hall–Kier alpha value is -2.80. The summed E-state index contributed by atoms with van der Waals surface area (Å²) in [7, 11) is 0. The van der Waals surface area contributed by atoms with Crippen molar-refractivity contribution in [2.45, 2.75) is 57.7 Å². The summed E-state index contributed by atoms with van der Waals surface area (Å²) >= 11 is 25.7. The molecule has 2 heterocycles. The number of hydrogen-bond acceptors (Lipinski definition) is 4. The molecule has 216 valence electrons. The van der Waals surface area contributed by atoms with E-state index in [4.69, 9.17) is 56.4 Å². The van der Waals surface area contributed by atoms with Gasteiger partial charge in [0.2, 0.25) is 0 Å². The number of rotatable bonds is 4. The molecule has 5 nitrogen and oxygen atoms in total. The molecule has 6 rings (SSSR count). The topological polar surface area (TPSA) is 54.2 Å². The SMILES string of the molecule is CC1(C)CC(N=c2cc3n(-c4cc(Cl)cc(Cl)c4)c4ccccc4nc-3cc2Nc2cc(Cl)cc(Cl)c2)CC(C)(C)N1. The molecule has 1 saturated heterocycles. The third-order valence-corrected chi connectivity index (χ3v) is 8.31. The summed E-state index contributed by atoms with van der Waals surface area (Å²) < 4.78 is 2.14. The first-order chi connectivity index (χ1) is 19.8. The van der Waals surface area contributed by atoms with Crippen molar-refractivity contribution in [2.75, 3.05) is 5.32 Å². The van der Waals surface area contributed by atoms with Crippen molar-refractivity contribution in [3.8, 4) is 17.1 Å². The maximum atomic E-state index is 6.49. The number of para-hydroxylation sites is 2. The molecular formula is C33H31Cl4N5. The van der Waals surface area contributed by atoms with Gasteiger partial charge in [-0.2, -0.15) is 0 Å². The van der Waals surface area contributed by atoms with Gasteiger partial charge in [0.15, 0.2) is 0 Å². The molecule has 0 amide bonds. The molecule has 1 fully saturated rings. The maximum absolute atomic E-state index is 6.49. The number of aromatic nitrogens is 2. The van der Waals surface area contributed by atoms with E-state index in [0.29, 0.717) is 20.1 Å². The molecule has 0 radical (unpaired) electrons. The molecular weight excluding hydrogens is 608 g/mol. The summed E-state index contributed by atoms with van der Waals surface area (Å²) in [5.41, 5.74) is 5.74. The molecule has 0 saturated carbocycles. The largest absolute Gasteiger partial charge is 0.354 e. The Bertz CT molecular complexity index is 1800. The van der Waals surface area contributed by atoms with Crippen molar-refractivity contribution in [3.05, 3.63) is 98.2 Å². The van der Waals surface area contributed by atoms with Crippen molar-refractivity contribution < 1.29 is 0 Å². The van der Waals surface area contributed by atoms with Crippen molar-refractivity contribution in [1.29, 1.82) is 0 Å². The zero-order valence-corrected chi connectivity index (χ0v) is 26.8. The second kappa shape index (κ2) is 11.0. The summed E-state index contributed by atoms with van der Waals surface area (Å²) in [6.07, 6.45) is 1.80. The fourth-order valence-corrected chi connectivity index (χ4v) is 7.37. The number of anilines is 2. The summed E-state index contributed by atoms with van der Waals surface area (Å²) in [6.45, 7) is 8.93. The van der Waals surface area contributed by atoms with Crippen LogP contribution in [0.5, 0.6) is 0 Å². The van der Waals surface area contributed by atoms with Gasteiger partial charge in [0.1, 0.15) is 0 Å². The van der Waals surface area contributed by atoms with Gasteiger partial charge in [0, 0.05) is 42.5 Å². The van der Waals surface area contributed by atoms with Gasteiger partial charge < -0.3 is 15.2 Å². The molecule has 3 aromatic carbocycles. The molecule has 0 atom stereocenters. The van der Waals surface area contributed by atoms with Gasteiger partial charge in [-0.3, -0.25) is 4.99 Å². The fraction of sp³-hybridized carbons (Fsp3) is 0.273. The smallest absolute Gasteiger partial charge is 0.0900 e. The lowest BCUT2D eigenvalue weighted by molar-refractivity contribution is 0.163. The predicted octanol–water partition coefficient (Wildman–Crippen LogP) is 9.70. The second-order valence-corrected chi connectivity index (χ2v) is 14.0. The van der Waals surface area contributed by atoms with Gasteiger partial charge in [0.25, 0.3) is 0 Å².